The molecule has 180 valence electrons. The molecule has 0 radical (unpaired) electrons. The molecule has 0 saturated carbocycles. The summed E-state index contributed by atoms with van der Waals surface area (Å²) in [4.78, 5) is 12.4. The highest BCUT2D eigenvalue weighted by molar-refractivity contribution is 6.32. The van der Waals surface area contributed by atoms with Crippen LogP contribution in [0.3, 0.4) is 0 Å². The fraction of sp³-hybridized carbons (Fsp3) is 0.222. The summed E-state index contributed by atoms with van der Waals surface area (Å²) in [5.74, 6) is 1.16. The summed E-state index contributed by atoms with van der Waals surface area (Å²) in [7, 11) is 0. The van der Waals surface area contributed by atoms with Crippen molar-refractivity contribution in [2.24, 2.45) is 5.10 Å². The van der Waals surface area contributed by atoms with Crippen LogP contribution >= 0.6 is 11.6 Å². The van der Waals surface area contributed by atoms with E-state index in [4.69, 9.17) is 25.8 Å². The first-order chi connectivity index (χ1) is 17.0. The number of carbonyl (C=O) groups excluding carboxylic acids is 1. The maximum Gasteiger partial charge on any atom is 0.271 e. The molecule has 0 unspecified atom stereocenters. The number of rotatable bonds is 11. The zero-order valence-electron chi connectivity index (χ0n) is 19.6. The number of hydrogen-bond donors (Lipinski definition) is 1. The zero-order valence-corrected chi connectivity index (χ0v) is 20.3. The molecule has 1 N–H and O–H groups in total. The third-order valence-electron chi connectivity index (χ3n) is 4.81. The number of amides is 1. The van der Waals surface area contributed by atoms with E-state index in [0.29, 0.717) is 52.2 Å². The third kappa shape index (κ3) is 7.23. The van der Waals surface area contributed by atoms with Gasteiger partial charge in [0.2, 0.25) is 0 Å². The van der Waals surface area contributed by atoms with E-state index >= 15 is 0 Å². The van der Waals surface area contributed by atoms with Crippen LogP contribution in [0.25, 0.3) is 0 Å². The van der Waals surface area contributed by atoms with Gasteiger partial charge in [0, 0.05) is 11.1 Å². The van der Waals surface area contributed by atoms with Crippen LogP contribution in [-0.4, -0.2) is 25.3 Å². The summed E-state index contributed by atoms with van der Waals surface area (Å²) >= 11 is 6.47. The highest BCUT2D eigenvalue weighted by atomic mass is 35.5. The lowest BCUT2D eigenvalue weighted by molar-refractivity contribution is 0.0955. The Bertz CT molecular complexity index is 1220. The second-order valence-corrected chi connectivity index (χ2v) is 7.80. The topological polar surface area (TPSA) is 92.9 Å². The minimum Gasteiger partial charge on any atom is -0.494 e. The summed E-state index contributed by atoms with van der Waals surface area (Å²) in [6.45, 7) is 5.06. The monoisotopic (exact) mass is 491 g/mol. The lowest BCUT2D eigenvalue weighted by Gasteiger charge is -2.15. The molecule has 0 aliphatic rings. The van der Waals surface area contributed by atoms with Crippen LogP contribution in [0.2, 0.25) is 5.02 Å². The molecule has 3 rings (SSSR count). The molecule has 1 amide bonds. The number of nitrogens with one attached hydrogen (secondary N) is 1. The molecule has 0 atom stereocenters. The van der Waals surface area contributed by atoms with Crippen LogP contribution in [-0.2, 0) is 6.61 Å². The Morgan fingerprint density at radius 3 is 2.57 bits per heavy atom. The lowest BCUT2D eigenvalue weighted by Crippen LogP contribution is -2.17. The smallest absolute Gasteiger partial charge is 0.271 e. The minimum absolute atomic E-state index is 0.162. The van der Waals surface area contributed by atoms with Crippen molar-refractivity contribution in [1.29, 1.82) is 5.26 Å². The van der Waals surface area contributed by atoms with Gasteiger partial charge >= 0.3 is 0 Å². The summed E-state index contributed by atoms with van der Waals surface area (Å²) in [5.41, 5.74) is 4.85. The first kappa shape index (κ1) is 25.6. The number of nitriles is 1. The number of hydrogen-bond acceptors (Lipinski definition) is 6. The molecule has 3 aromatic rings. The number of carbonyl (C=O) groups is 1. The van der Waals surface area contributed by atoms with E-state index in [1.165, 1.54) is 6.21 Å². The molecule has 0 aliphatic carbocycles. The predicted octanol–water partition coefficient (Wildman–Crippen LogP) is 5.74. The maximum atomic E-state index is 12.4. The number of halogens is 1. The number of benzene rings is 3. The van der Waals surface area contributed by atoms with E-state index in [2.05, 4.69) is 16.6 Å². The van der Waals surface area contributed by atoms with Gasteiger partial charge in [-0.1, -0.05) is 36.7 Å². The van der Waals surface area contributed by atoms with E-state index in [9.17, 15) is 10.1 Å². The molecule has 0 heterocycles. The van der Waals surface area contributed by atoms with Gasteiger partial charge < -0.3 is 14.2 Å². The normalized spacial score (nSPS) is 10.6. The van der Waals surface area contributed by atoms with E-state index in [1.807, 2.05) is 26.0 Å². The summed E-state index contributed by atoms with van der Waals surface area (Å²) < 4.78 is 17.1. The van der Waals surface area contributed by atoms with Crippen LogP contribution in [0.1, 0.15) is 47.3 Å². The van der Waals surface area contributed by atoms with Gasteiger partial charge in [-0.3, -0.25) is 4.79 Å². The maximum absolute atomic E-state index is 12.4. The Hall–Kier alpha value is -4.02. The van der Waals surface area contributed by atoms with Gasteiger partial charge in [0.15, 0.2) is 11.5 Å². The first-order valence-electron chi connectivity index (χ1n) is 11.2. The van der Waals surface area contributed by atoms with E-state index in [1.54, 1.807) is 48.5 Å². The Labute approximate surface area is 209 Å². The molecule has 0 bridgehead atoms. The van der Waals surface area contributed by atoms with Gasteiger partial charge in [-0.2, -0.15) is 10.4 Å². The average Bonchev–Trinajstić information content (AvgIpc) is 2.87. The minimum atomic E-state index is -0.351. The van der Waals surface area contributed by atoms with Crippen molar-refractivity contribution in [2.75, 3.05) is 13.2 Å². The average molecular weight is 492 g/mol. The second kappa shape index (κ2) is 13.0. The van der Waals surface area contributed by atoms with Gasteiger partial charge in [-0.15, -0.1) is 0 Å². The Morgan fingerprint density at radius 2 is 1.86 bits per heavy atom. The van der Waals surface area contributed by atoms with Gasteiger partial charge in [0.25, 0.3) is 5.91 Å². The number of nitrogens with zero attached hydrogens (tertiary/aromatic N) is 2. The fourth-order valence-corrected chi connectivity index (χ4v) is 3.40. The Balaban J connectivity index is 1.68. The molecule has 0 aliphatic heterocycles. The summed E-state index contributed by atoms with van der Waals surface area (Å²) in [6.07, 6.45) is 2.38. The molecular weight excluding hydrogens is 466 g/mol. The first-order valence-corrected chi connectivity index (χ1v) is 11.6. The van der Waals surface area contributed by atoms with Crippen LogP contribution in [0.4, 0.5) is 0 Å². The molecule has 35 heavy (non-hydrogen) atoms. The standard InChI is InChI=1S/C27H26ClN3O4/c1-3-13-34-23-11-9-20(10-12-23)27(32)31-30-17-19-14-24(28)26(25(15-19)33-4-2)35-18-22-8-6-5-7-21(22)16-29/h5-12,14-15,17H,3-4,13,18H2,1-2H3,(H,31,32)/b30-17+. The van der Waals surface area contributed by atoms with Crippen LogP contribution in [0, 0.1) is 11.3 Å². The highest BCUT2D eigenvalue weighted by Crippen LogP contribution is 2.37. The molecule has 0 spiro atoms. The molecule has 7 nitrogen and oxygen atoms in total. The molecule has 0 fully saturated rings. The van der Waals surface area contributed by atoms with Crippen molar-refractivity contribution in [3.8, 4) is 23.3 Å². The molecule has 8 heteroatoms. The van der Waals surface area contributed by atoms with Crippen molar-refractivity contribution in [1.82, 2.24) is 5.43 Å². The number of hydrazone groups is 1. The fourth-order valence-electron chi connectivity index (χ4n) is 3.12. The third-order valence-corrected chi connectivity index (χ3v) is 5.09. The Kier molecular flexibility index (Phi) is 9.52. The van der Waals surface area contributed by atoms with Gasteiger partial charge in [-0.25, -0.2) is 5.43 Å². The largest absolute Gasteiger partial charge is 0.494 e. The van der Waals surface area contributed by atoms with Gasteiger partial charge in [0.05, 0.1) is 36.1 Å². The van der Waals surface area contributed by atoms with Gasteiger partial charge in [-0.05, 0) is 61.4 Å². The summed E-state index contributed by atoms with van der Waals surface area (Å²) in [6, 6.07) is 19.6. The van der Waals surface area contributed by atoms with Crippen molar-refractivity contribution in [3.63, 3.8) is 0 Å². The van der Waals surface area contributed by atoms with E-state index in [0.717, 1.165) is 12.0 Å². The van der Waals surface area contributed by atoms with E-state index in [-0.39, 0.29) is 12.5 Å². The number of ether oxygens (including phenoxy) is 3. The zero-order chi connectivity index (χ0) is 25.0. The van der Waals surface area contributed by atoms with Crippen molar-refractivity contribution in [2.45, 2.75) is 26.9 Å². The van der Waals surface area contributed by atoms with Crippen molar-refractivity contribution in [3.05, 3.63) is 87.9 Å². The molecular formula is C27H26ClN3O4. The summed E-state index contributed by atoms with van der Waals surface area (Å²) in [5, 5.41) is 13.6. The SMILES string of the molecule is CCCOc1ccc(C(=O)N/N=C/c2cc(Cl)c(OCc3ccccc3C#N)c(OCC)c2)cc1. The van der Waals surface area contributed by atoms with E-state index < -0.39 is 0 Å². The molecule has 0 aromatic heterocycles. The second-order valence-electron chi connectivity index (χ2n) is 7.39. The van der Waals surface area contributed by atoms with Crippen LogP contribution in [0.15, 0.2) is 65.8 Å². The van der Waals surface area contributed by atoms with Crippen LogP contribution < -0.4 is 19.6 Å². The van der Waals surface area contributed by atoms with Gasteiger partial charge in [0.1, 0.15) is 12.4 Å². The van der Waals surface area contributed by atoms with Crippen LogP contribution in [0.5, 0.6) is 17.2 Å². The lowest BCUT2D eigenvalue weighted by atomic mass is 10.1. The van der Waals surface area contributed by atoms with Crippen molar-refractivity contribution < 1.29 is 19.0 Å². The molecule has 0 saturated heterocycles. The Morgan fingerprint density at radius 1 is 1.09 bits per heavy atom. The predicted molar refractivity (Wildman–Crippen MR) is 135 cm³/mol. The quantitative estimate of drug-likeness (QED) is 0.272. The van der Waals surface area contributed by atoms with Crippen molar-refractivity contribution >= 4 is 23.7 Å². The highest BCUT2D eigenvalue weighted by Gasteiger charge is 2.14. The molecule has 3 aromatic carbocycles.